The summed E-state index contributed by atoms with van der Waals surface area (Å²) in [5.41, 5.74) is 11.0. The van der Waals surface area contributed by atoms with Gasteiger partial charge in [-0.2, -0.15) is 0 Å². The van der Waals surface area contributed by atoms with Gasteiger partial charge >= 0.3 is 0 Å². The van der Waals surface area contributed by atoms with Crippen molar-refractivity contribution in [3.63, 3.8) is 0 Å². The molecular weight excluding hydrogens is 462 g/mol. The molecule has 0 aliphatic carbocycles. The quantitative estimate of drug-likeness (QED) is 0.385. The largest absolute Gasteiger partial charge is 0.487 e. The van der Waals surface area contributed by atoms with E-state index >= 15 is 0 Å². The third-order valence-corrected chi connectivity index (χ3v) is 6.04. The minimum Gasteiger partial charge on any atom is -0.487 e. The summed E-state index contributed by atoms with van der Waals surface area (Å²) in [6.45, 7) is 4.25. The highest BCUT2D eigenvalue weighted by Crippen LogP contribution is 2.30. The van der Waals surface area contributed by atoms with Crippen LogP contribution in [-0.2, 0) is 13.2 Å². The standard InChI is InChI=1S/C27H26ClN5O2/c1-17-6-5-11-33(27(17)34)15-19-13-31-14-23(28)22(19)16-35-25-8-4-7-20-21(24(30-3)9-10-29)12-18(2)32-26(20)25/h4-14H,15-16,29H2,1-3H3/b10-9-,30-24?. The Morgan fingerprint density at radius 3 is 2.83 bits per heavy atom. The number of nitrogens with zero attached hydrogens (tertiary/aromatic N) is 4. The average Bonchev–Trinajstić information content (AvgIpc) is 2.84. The van der Waals surface area contributed by atoms with Crippen LogP contribution in [0.2, 0.25) is 5.02 Å². The summed E-state index contributed by atoms with van der Waals surface area (Å²) in [7, 11) is 1.73. The molecule has 0 amide bonds. The van der Waals surface area contributed by atoms with Gasteiger partial charge in [-0.15, -0.1) is 0 Å². The fourth-order valence-corrected chi connectivity index (χ4v) is 4.20. The summed E-state index contributed by atoms with van der Waals surface area (Å²) in [6.07, 6.45) is 8.28. The summed E-state index contributed by atoms with van der Waals surface area (Å²) in [5, 5.41) is 1.38. The second kappa shape index (κ2) is 10.5. The van der Waals surface area contributed by atoms with Crippen LogP contribution in [0.25, 0.3) is 10.9 Å². The number of para-hydroxylation sites is 1. The van der Waals surface area contributed by atoms with Crippen LogP contribution >= 0.6 is 11.6 Å². The van der Waals surface area contributed by atoms with Crippen LogP contribution in [0.1, 0.15) is 27.9 Å². The minimum atomic E-state index is -0.0551. The highest BCUT2D eigenvalue weighted by Gasteiger charge is 2.15. The first-order valence-corrected chi connectivity index (χ1v) is 11.5. The van der Waals surface area contributed by atoms with Crippen LogP contribution in [-0.4, -0.2) is 27.3 Å². The summed E-state index contributed by atoms with van der Waals surface area (Å²) in [4.78, 5) is 25.9. The predicted molar refractivity (Wildman–Crippen MR) is 140 cm³/mol. The van der Waals surface area contributed by atoms with Crippen molar-refractivity contribution < 1.29 is 4.74 Å². The number of fused-ring (bicyclic) bond motifs is 1. The van der Waals surface area contributed by atoms with Crippen LogP contribution in [0.5, 0.6) is 5.75 Å². The first-order chi connectivity index (χ1) is 16.9. The third-order valence-electron chi connectivity index (χ3n) is 5.72. The number of ether oxygens (including phenoxy) is 1. The molecule has 0 fully saturated rings. The molecule has 4 rings (SSSR count). The topological polar surface area (TPSA) is 95.4 Å². The van der Waals surface area contributed by atoms with Gasteiger partial charge in [-0.3, -0.25) is 14.8 Å². The van der Waals surface area contributed by atoms with Crippen molar-refractivity contribution >= 4 is 28.2 Å². The Bertz CT molecular complexity index is 1510. The highest BCUT2D eigenvalue weighted by molar-refractivity contribution is 6.31. The molecule has 0 saturated carbocycles. The van der Waals surface area contributed by atoms with E-state index < -0.39 is 0 Å². The number of aliphatic imine (C=N–C) groups is 1. The molecule has 35 heavy (non-hydrogen) atoms. The number of aromatic nitrogens is 3. The van der Waals surface area contributed by atoms with Crippen molar-refractivity contribution in [1.29, 1.82) is 0 Å². The second-order valence-electron chi connectivity index (χ2n) is 8.10. The van der Waals surface area contributed by atoms with Crippen molar-refractivity contribution in [1.82, 2.24) is 14.5 Å². The first-order valence-electron chi connectivity index (χ1n) is 11.1. The van der Waals surface area contributed by atoms with Gasteiger partial charge in [0.2, 0.25) is 0 Å². The van der Waals surface area contributed by atoms with E-state index in [4.69, 9.17) is 27.1 Å². The van der Waals surface area contributed by atoms with E-state index in [1.165, 1.54) is 6.20 Å². The monoisotopic (exact) mass is 487 g/mol. The number of nitrogens with two attached hydrogens (primary N) is 1. The SMILES string of the molecule is CN=C(/C=C\N)c1cc(C)nc2c(OCc3c(Cl)cncc3Cn3cccc(C)c3=O)cccc12. The van der Waals surface area contributed by atoms with Crippen molar-refractivity contribution in [3.8, 4) is 5.75 Å². The molecule has 0 unspecified atom stereocenters. The van der Waals surface area contributed by atoms with Gasteiger partial charge in [0.05, 0.1) is 17.3 Å². The molecule has 4 aromatic rings. The summed E-state index contributed by atoms with van der Waals surface area (Å²) < 4.78 is 7.89. The lowest BCUT2D eigenvalue weighted by Gasteiger charge is -2.16. The molecule has 3 aromatic heterocycles. The Morgan fingerprint density at radius 2 is 2.06 bits per heavy atom. The maximum Gasteiger partial charge on any atom is 0.253 e. The lowest BCUT2D eigenvalue weighted by molar-refractivity contribution is 0.307. The number of hydrogen-bond donors (Lipinski definition) is 1. The second-order valence-corrected chi connectivity index (χ2v) is 8.51. The Morgan fingerprint density at radius 1 is 1.23 bits per heavy atom. The van der Waals surface area contributed by atoms with E-state index in [0.717, 1.165) is 39.0 Å². The van der Waals surface area contributed by atoms with Crippen LogP contribution in [0.15, 0.2) is 77.1 Å². The van der Waals surface area contributed by atoms with Crippen LogP contribution in [0.4, 0.5) is 0 Å². The normalized spacial score (nSPS) is 11.9. The minimum absolute atomic E-state index is 0.0551. The van der Waals surface area contributed by atoms with Crippen molar-refractivity contribution in [2.75, 3.05) is 7.05 Å². The van der Waals surface area contributed by atoms with E-state index in [0.29, 0.717) is 22.9 Å². The molecule has 0 radical (unpaired) electrons. The molecule has 2 N–H and O–H groups in total. The van der Waals surface area contributed by atoms with Gasteiger partial charge < -0.3 is 15.0 Å². The summed E-state index contributed by atoms with van der Waals surface area (Å²) >= 11 is 6.52. The molecule has 178 valence electrons. The molecule has 0 bridgehead atoms. The average molecular weight is 488 g/mol. The summed E-state index contributed by atoms with van der Waals surface area (Å²) in [5.74, 6) is 0.617. The van der Waals surface area contributed by atoms with Gasteiger partial charge in [-0.25, -0.2) is 4.98 Å². The van der Waals surface area contributed by atoms with E-state index in [9.17, 15) is 4.79 Å². The first kappa shape index (κ1) is 24.2. The number of rotatable bonds is 7. The molecule has 0 aliphatic rings. The number of benzene rings is 1. The van der Waals surface area contributed by atoms with E-state index in [1.807, 2.05) is 37.3 Å². The fourth-order valence-electron chi connectivity index (χ4n) is 3.97. The van der Waals surface area contributed by atoms with Crippen molar-refractivity contribution in [2.45, 2.75) is 27.0 Å². The lowest BCUT2D eigenvalue weighted by Crippen LogP contribution is -2.22. The van der Waals surface area contributed by atoms with Gasteiger partial charge in [-0.1, -0.05) is 29.8 Å². The maximum atomic E-state index is 12.5. The van der Waals surface area contributed by atoms with Crippen LogP contribution < -0.4 is 16.0 Å². The zero-order valence-corrected chi connectivity index (χ0v) is 20.6. The Kier molecular flexibility index (Phi) is 7.27. The van der Waals surface area contributed by atoms with Gasteiger partial charge in [0.1, 0.15) is 17.9 Å². The smallest absolute Gasteiger partial charge is 0.253 e. The van der Waals surface area contributed by atoms with Crippen molar-refractivity contribution in [3.05, 3.63) is 111 Å². The number of allylic oxidation sites excluding steroid dienone is 1. The fraction of sp³-hybridized carbons (Fsp3) is 0.185. The van der Waals surface area contributed by atoms with Crippen LogP contribution in [0.3, 0.4) is 0 Å². The number of hydrogen-bond acceptors (Lipinski definition) is 6. The van der Waals surface area contributed by atoms with Gasteiger partial charge in [0, 0.05) is 53.4 Å². The molecule has 7 nitrogen and oxygen atoms in total. The molecule has 0 aliphatic heterocycles. The Labute approximate surface area is 208 Å². The molecular formula is C27H26ClN5O2. The van der Waals surface area contributed by atoms with Gasteiger partial charge in [0.15, 0.2) is 0 Å². The molecule has 0 spiro atoms. The Hall–Kier alpha value is -3.97. The number of aryl methyl sites for hydroxylation is 2. The van der Waals surface area contributed by atoms with E-state index in [2.05, 4.69) is 9.98 Å². The molecule has 8 heteroatoms. The maximum absolute atomic E-state index is 12.5. The molecule has 0 saturated heterocycles. The van der Waals surface area contributed by atoms with E-state index in [-0.39, 0.29) is 12.2 Å². The number of halogens is 1. The van der Waals surface area contributed by atoms with Crippen LogP contribution in [0, 0.1) is 13.8 Å². The molecule has 1 aromatic carbocycles. The third kappa shape index (κ3) is 5.10. The van der Waals surface area contributed by atoms with Gasteiger partial charge in [-0.05, 0) is 49.9 Å². The zero-order valence-electron chi connectivity index (χ0n) is 19.8. The summed E-state index contributed by atoms with van der Waals surface area (Å²) in [6, 6.07) is 11.4. The molecule has 3 heterocycles. The predicted octanol–water partition coefficient (Wildman–Crippen LogP) is 4.58. The number of pyridine rings is 3. The van der Waals surface area contributed by atoms with Gasteiger partial charge in [0.25, 0.3) is 5.56 Å². The molecule has 0 atom stereocenters. The zero-order chi connectivity index (χ0) is 24.9. The van der Waals surface area contributed by atoms with E-state index in [1.54, 1.807) is 49.3 Å². The Balaban J connectivity index is 1.71. The van der Waals surface area contributed by atoms with Crippen molar-refractivity contribution in [2.24, 2.45) is 10.7 Å². The lowest BCUT2D eigenvalue weighted by atomic mass is 10.0. The highest BCUT2D eigenvalue weighted by atomic mass is 35.5.